The Balaban J connectivity index is 1.74. The maximum absolute atomic E-state index is 13.3. The molecule has 0 spiro atoms. The molecule has 4 rings (SSSR count). The van der Waals surface area contributed by atoms with Crippen LogP contribution in [-0.4, -0.2) is 35.9 Å². The summed E-state index contributed by atoms with van der Waals surface area (Å²) >= 11 is 0. The fourth-order valence-electron chi connectivity index (χ4n) is 3.36. The lowest BCUT2D eigenvalue weighted by molar-refractivity contribution is -0.137. The first kappa shape index (κ1) is 20.2. The number of methoxy groups -OCH3 is 2. The molecule has 2 aromatic carbocycles. The number of hydrogen-bond donors (Lipinski definition) is 1. The van der Waals surface area contributed by atoms with Crippen LogP contribution in [0, 0.1) is 0 Å². The monoisotopic (exact) mass is 415 g/mol. The van der Waals surface area contributed by atoms with Crippen molar-refractivity contribution in [1.82, 2.24) is 9.88 Å². The minimum Gasteiger partial charge on any atom is -0.497 e. The number of benzene rings is 2. The smallest absolute Gasteiger partial charge is 0.278 e. The van der Waals surface area contributed by atoms with Gasteiger partial charge in [-0.05, 0) is 42.0 Å². The number of rotatable bonds is 7. The van der Waals surface area contributed by atoms with Crippen LogP contribution in [0.2, 0.25) is 0 Å². The summed E-state index contributed by atoms with van der Waals surface area (Å²) in [4.78, 5) is 32.1. The minimum absolute atomic E-state index is 0.0848. The van der Waals surface area contributed by atoms with Gasteiger partial charge in [0.2, 0.25) is 0 Å². The molecule has 0 unspecified atom stereocenters. The Bertz CT molecular complexity index is 1140. The molecule has 3 aromatic rings. The van der Waals surface area contributed by atoms with Crippen LogP contribution in [0.25, 0.3) is 5.57 Å². The maximum Gasteiger partial charge on any atom is 0.278 e. The number of anilines is 1. The van der Waals surface area contributed by atoms with E-state index < -0.39 is 5.91 Å². The molecule has 0 fully saturated rings. The number of hydrogen-bond acceptors (Lipinski definition) is 6. The second kappa shape index (κ2) is 8.71. The van der Waals surface area contributed by atoms with Gasteiger partial charge in [0.15, 0.2) is 0 Å². The Morgan fingerprint density at radius 1 is 0.871 bits per heavy atom. The standard InChI is InChI=1S/C24H21N3O4/c1-30-19-11-9-16(10-12-19)21-22(26-17-7-5-8-20(14-17)31-2)24(29)27(23(21)28)15-18-6-3-4-13-25-18/h3-14,26H,15H2,1-2H3. The first-order valence-corrected chi connectivity index (χ1v) is 9.66. The Hall–Kier alpha value is -4.13. The van der Waals surface area contributed by atoms with E-state index in [1.165, 1.54) is 4.90 Å². The van der Waals surface area contributed by atoms with Crippen molar-refractivity contribution in [2.24, 2.45) is 0 Å². The van der Waals surface area contributed by atoms with Crippen LogP contribution in [0.5, 0.6) is 11.5 Å². The van der Waals surface area contributed by atoms with Gasteiger partial charge in [0.1, 0.15) is 17.2 Å². The van der Waals surface area contributed by atoms with E-state index in [9.17, 15) is 9.59 Å². The largest absolute Gasteiger partial charge is 0.497 e. The van der Waals surface area contributed by atoms with E-state index in [0.717, 1.165) is 0 Å². The van der Waals surface area contributed by atoms with Gasteiger partial charge in [-0.25, -0.2) is 0 Å². The summed E-state index contributed by atoms with van der Waals surface area (Å²) in [7, 11) is 3.14. The summed E-state index contributed by atoms with van der Waals surface area (Å²) in [6.45, 7) is 0.0848. The molecule has 0 atom stereocenters. The fraction of sp³-hybridized carbons (Fsp3) is 0.125. The van der Waals surface area contributed by atoms with E-state index in [-0.39, 0.29) is 18.1 Å². The predicted molar refractivity (Wildman–Crippen MR) is 116 cm³/mol. The molecule has 31 heavy (non-hydrogen) atoms. The van der Waals surface area contributed by atoms with Gasteiger partial charge in [0, 0.05) is 18.0 Å². The van der Waals surface area contributed by atoms with Crippen molar-refractivity contribution < 1.29 is 19.1 Å². The molecule has 0 aliphatic carbocycles. The lowest BCUT2D eigenvalue weighted by Crippen LogP contribution is -2.32. The minimum atomic E-state index is -0.413. The van der Waals surface area contributed by atoms with E-state index in [1.54, 1.807) is 75.0 Å². The van der Waals surface area contributed by atoms with Crippen LogP contribution in [0.1, 0.15) is 11.3 Å². The van der Waals surface area contributed by atoms with Crippen molar-refractivity contribution in [2.45, 2.75) is 6.54 Å². The highest BCUT2D eigenvalue weighted by Crippen LogP contribution is 2.32. The number of carbonyl (C=O) groups is 2. The van der Waals surface area contributed by atoms with Crippen molar-refractivity contribution in [3.63, 3.8) is 0 Å². The van der Waals surface area contributed by atoms with Crippen LogP contribution in [0.4, 0.5) is 5.69 Å². The van der Waals surface area contributed by atoms with Gasteiger partial charge in [0.05, 0.1) is 32.0 Å². The average Bonchev–Trinajstić information content (AvgIpc) is 3.04. The highest BCUT2D eigenvalue weighted by molar-refractivity contribution is 6.36. The molecule has 7 heteroatoms. The van der Waals surface area contributed by atoms with E-state index in [2.05, 4.69) is 10.3 Å². The number of nitrogens with zero attached hydrogens (tertiary/aromatic N) is 2. The van der Waals surface area contributed by atoms with E-state index in [4.69, 9.17) is 9.47 Å². The Kier molecular flexibility index (Phi) is 5.66. The zero-order chi connectivity index (χ0) is 21.8. The Morgan fingerprint density at radius 2 is 1.65 bits per heavy atom. The zero-order valence-corrected chi connectivity index (χ0v) is 17.2. The lowest BCUT2D eigenvalue weighted by Gasteiger charge is -2.15. The van der Waals surface area contributed by atoms with Gasteiger partial charge < -0.3 is 14.8 Å². The van der Waals surface area contributed by atoms with Gasteiger partial charge in [-0.3, -0.25) is 19.5 Å². The number of ether oxygens (including phenoxy) is 2. The van der Waals surface area contributed by atoms with Crippen LogP contribution >= 0.6 is 0 Å². The van der Waals surface area contributed by atoms with Crippen LogP contribution in [0.3, 0.4) is 0 Å². The maximum atomic E-state index is 13.3. The molecular formula is C24H21N3O4. The topological polar surface area (TPSA) is 80.8 Å². The van der Waals surface area contributed by atoms with Crippen molar-refractivity contribution >= 4 is 23.1 Å². The number of pyridine rings is 1. The van der Waals surface area contributed by atoms with Crippen molar-refractivity contribution in [1.29, 1.82) is 0 Å². The molecule has 2 amide bonds. The van der Waals surface area contributed by atoms with Gasteiger partial charge in [-0.2, -0.15) is 0 Å². The molecule has 2 heterocycles. The van der Waals surface area contributed by atoms with Gasteiger partial charge >= 0.3 is 0 Å². The Labute approximate surface area is 179 Å². The highest BCUT2D eigenvalue weighted by atomic mass is 16.5. The molecule has 1 N–H and O–H groups in total. The SMILES string of the molecule is COc1ccc(C2=C(Nc3cccc(OC)c3)C(=O)N(Cc3ccccn3)C2=O)cc1. The molecule has 0 saturated heterocycles. The summed E-state index contributed by atoms with van der Waals surface area (Å²) in [5.74, 6) is 0.503. The second-order valence-electron chi connectivity index (χ2n) is 6.85. The first-order chi connectivity index (χ1) is 15.1. The predicted octanol–water partition coefficient (Wildman–Crippen LogP) is 3.49. The summed E-state index contributed by atoms with van der Waals surface area (Å²) in [5.41, 5.74) is 2.39. The molecule has 1 aliphatic rings. The second-order valence-corrected chi connectivity index (χ2v) is 6.85. The molecule has 0 radical (unpaired) electrons. The third kappa shape index (κ3) is 4.11. The summed E-state index contributed by atoms with van der Waals surface area (Å²) < 4.78 is 10.5. The number of aromatic nitrogens is 1. The normalized spacial score (nSPS) is 13.5. The summed E-state index contributed by atoms with van der Waals surface area (Å²) in [5, 5.41) is 3.12. The van der Waals surface area contributed by atoms with Crippen LogP contribution in [0.15, 0.2) is 78.6 Å². The first-order valence-electron chi connectivity index (χ1n) is 9.66. The molecule has 1 aromatic heterocycles. The summed E-state index contributed by atoms with van der Waals surface area (Å²) in [6.07, 6.45) is 1.63. The number of imide groups is 1. The van der Waals surface area contributed by atoms with Crippen molar-refractivity contribution in [3.8, 4) is 11.5 Å². The number of amides is 2. The third-order valence-corrected chi connectivity index (χ3v) is 4.93. The molecule has 156 valence electrons. The summed E-state index contributed by atoms with van der Waals surface area (Å²) in [6, 6.07) is 19.6. The fourth-order valence-corrected chi connectivity index (χ4v) is 3.36. The molecule has 0 bridgehead atoms. The van der Waals surface area contributed by atoms with Crippen molar-refractivity contribution in [2.75, 3.05) is 19.5 Å². The van der Waals surface area contributed by atoms with Crippen LogP contribution in [-0.2, 0) is 16.1 Å². The van der Waals surface area contributed by atoms with E-state index in [1.807, 2.05) is 12.1 Å². The highest BCUT2D eigenvalue weighted by Gasteiger charge is 2.39. The Morgan fingerprint density at radius 3 is 2.32 bits per heavy atom. The molecular weight excluding hydrogens is 394 g/mol. The quantitative estimate of drug-likeness (QED) is 0.595. The van der Waals surface area contributed by atoms with Crippen LogP contribution < -0.4 is 14.8 Å². The molecule has 1 aliphatic heterocycles. The lowest BCUT2D eigenvalue weighted by atomic mass is 10.0. The van der Waals surface area contributed by atoms with Crippen molar-refractivity contribution in [3.05, 3.63) is 89.9 Å². The van der Waals surface area contributed by atoms with Gasteiger partial charge in [-0.1, -0.05) is 24.3 Å². The van der Waals surface area contributed by atoms with E-state index >= 15 is 0 Å². The number of nitrogens with one attached hydrogen (secondary N) is 1. The average molecular weight is 415 g/mol. The molecule has 7 nitrogen and oxygen atoms in total. The van der Waals surface area contributed by atoms with E-state index in [0.29, 0.717) is 34.0 Å². The van der Waals surface area contributed by atoms with Gasteiger partial charge in [0.25, 0.3) is 11.8 Å². The third-order valence-electron chi connectivity index (χ3n) is 4.93. The zero-order valence-electron chi connectivity index (χ0n) is 17.2. The molecule has 0 saturated carbocycles. The number of carbonyl (C=O) groups excluding carboxylic acids is 2. The van der Waals surface area contributed by atoms with Gasteiger partial charge in [-0.15, -0.1) is 0 Å².